The van der Waals surface area contributed by atoms with Crippen molar-refractivity contribution in [2.45, 2.75) is 31.5 Å². The van der Waals surface area contributed by atoms with E-state index in [2.05, 4.69) is 10.2 Å². The molecule has 0 aromatic carbocycles. The number of nitrogens with two attached hydrogens (primary N) is 1. The fourth-order valence-electron chi connectivity index (χ4n) is 2.15. The van der Waals surface area contributed by atoms with Crippen molar-refractivity contribution in [1.82, 2.24) is 14.6 Å². The Morgan fingerprint density at radius 3 is 2.68 bits per heavy atom. The Labute approximate surface area is 107 Å². The highest BCUT2D eigenvalue weighted by molar-refractivity contribution is 5.40. The molecular formula is C12H13F3N4. The van der Waals surface area contributed by atoms with Gasteiger partial charge in [0.2, 0.25) is 0 Å². The van der Waals surface area contributed by atoms with E-state index in [4.69, 9.17) is 5.73 Å². The minimum atomic E-state index is -4.37. The maximum absolute atomic E-state index is 12.7. The lowest BCUT2D eigenvalue weighted by atomic mass is 10.1. The van der Waals surface area contributed by atoms with E-state index >= 15 is 0 Å². The van der Waals surface area contributed by atoms with Crippen LogP contribution in [0.25, 0.3) is 5.65 Å². The van der Waals surface area contributed by atoms with Crippen LogP contribution in [-0.4, -0.2) is 20.6 Å². The topological polar surface area (TPSA) is 56.2 Å². The molecule has 102 valence electrons. The molecule has 19 heavy (non-hydrogen) atoms. The monoisotopic (exact) mass is 270 g/mol. The predicted molar refractivity (Wildman–Crippen MR) is 62.4 cm³/mol. The van der Waals surface area contributed by atoms with Gasteiger partial charge in [-0.05, 0) is 30.9 Å². The molecule has 2 N–H and O–H groups in total. The van der Waals surface area contributed by atoms with Crippen LogP contribution in [0.3, 0.4) is 0 Å². The predicted octanol–water partition coefficient (Wildman–Crippen LogP) is 2.03. The van der Waals surface area contributed by atoms with E-state index in [0.717, 1.165) is 25.1 Å². The van der Waals surface area contributed by atoms with Gasteiger partial charge in [0.25, 0.3) is 0 Å². The zero-order valence-electron chi connectivity index (χ0n) is 10.1. The molecule has 1 fully saturated rings. The van der Waals surface area contributed by atoms with E-state index < -0.39 is 11.7 Å². The van der Waals surface area contributed by atoms with Crippen LogP contribution < -0.4 is 5.73 Å². The van der Waals surface area contributed by atoms with Crippen molar-refractivity contribution in [3.05, 3.63) is 29.7 Å². The summed E-state index contributed by atoms with van der Waals surface area (Å²) in [6.45, 7) is 0. The average Bonchev–Trinajstić information content (AvgIpc) is 3.12. The smallest absolute Gasteiger partial charge is 0.327 e. The molecule has 2 aromatic heterocycles. The molecule has 1 unspecified atom stereocenters. The summed E-state index contributed by atoms with van der Waals surface area (Å²) in [6.07, 6.45) is -0.705. The Morgan fingerprint density at radius 1 is 1.32 bits per heavy atom. The first-order chi connectivity index (χ1) is 8.95. The second-order valence-electron chi connectivity index (χ2n) is 4.97. The number of rotatable bonds is 3. The molecule has 0 bridgehead atoms. The zero-order chi connectivity index (χ0) is 13.6. The molecular weight excluding hydrogens is 257 g/mol. The molecule has 0 aliphatic heterocycles. The van der Waals surface area contributed by atoms with Gasteiger partial charge in [0.05, 0.1) is 5.56 Å². The number of hydrogen-bond acceptors (Lipinski definition) is 3. The number of fused-ring (bicyclic) bond motifs is 1. The zero-order valence-corrected chi connectivity index (χ0v) is 10.1. The fourth-order valence-corrected chi connectivity index (χ4v) is 2.15. The normalized spacial score (nSPS) is 17.9. The second kappa shape index (κ2) is 4.19. The molecule has 1 saturated carbocycles. The molecule has 3 rings (SSSR count). The van der Waals surface area contributed by atoms with Crippen LogP contribution in [0.15, 0.2) is 18.3 Å². The molecule has 0 saturated heterocycles. The van der Waals surface area contributed by atoms with Gasteiger partial charge in [-0.2, -0.15) is 13.2 Å². The third-order valence-electron chi connectivity index (χ3n) is 3.45. The van der Waals surface area contributed by atoms with Crippen LogP contribution in [0.2, 0.25) is 0 Å². The summed E-state index contributed by atoms with van der Waals surface area (Å²) in [5.41, 5.74) is 5.68. The lowest BCUT2D eigenvalue weighted by molar-refractivity contribution is -0.137. The largest absolute Gasteiger partial charge is 0.417 e. The van der Waals surface area contributed by atoms with Gasteiger partial charge in [-0.1, -0.05) is 0 Å². The summed E-state index contributed by atoms with van der Waals surface area (Å²) in [5.74, 6) is 0.957. The highest BCUT2D eigenvalue weighted by atomic mass is 19.4. The highest BCUT2D eigenvalue weighted by Gasteiger charge is 2.32. The first kappa shape index (κ1) is 12.4. The van der Waals surface area contributed by atoms with Crippen LogP contribution >= 0.6 is 0 Å². The highest BCUT2D eigenvalue weighted by Crippen LogP contribution is 2.33. The Kier molecular flexibility index (Phi) is 2.74. The fraction of sp³-hybridized carbons (Fsp3) is 0.500. The summed E-state index contributed by atoms with van der Waals surface area (Å²) in [4.78, 5) is 0. The van der Waals surface area contributed by atoms with E-state index in [9.17, 15) is 13.2 Å². The van der Waals surface area contributed by atoms with Crippen molar-refractivity contribution in [2.24, 2.45) is 11.7 Å². The maximum atomic E-state index is 12.7. The minimum absolute atomic E-state index is 0.0538. The van der Waals surface area contributed by atoms with E-state index in [1.165, 1.54) is 10.5 Å². The van der Waals surface area contributed by atoms with Gasteiger partial charge in [-0.25, -0.2) is 0 Å². The molecule has 4 nitrogen and oxygen atoms in total. The van der Waals surface area contributed by atoms with Gasteiger partial charge < -0.3 is 5.73 Å². The van der Waals surface area contributed by atoms with Crippen LogP contribution in [0.4, 0.5) is 13.2 Å². The average molecular weight is 270 g/mol. The van der Waals surface area contributed by atoms with Crippen molar-refractivity contribution < 1.29 is 13.2 Å². The molecule has 7 heteroatoms. The van der Waals surface area contributed by atoms with Gasteiger partial charge in [0.1, 0.15) is 5.82 Å². The molecule has 2 aromatic rings. The van der Waals surface area contributed by atoms with E-state index in [0.29, 0.717) is 23.8 Å². The summed E-state index contributed by atoms with van der Waals surface area (Å²) in [7, 11) is 0. The first-order valence-electron chi connectivity index (χ1n) is 6.11. The Hall–Kier alpha value is -1.63. The Balaban J connectivity index is 1.95. The number of halogens is 3. The Morgan fingerprint density at radius 2 is 2.05 bits per heavy atom. The number of nitrogens with zero attached hydrogens (tertiary/aromatic N) is 3. The quantitative estimate of drug-likeness (QED) is 0.928. The molecule has 0 amide bonds. The van der Waals surface area contributed by atoms with Crippen molar-refractivity contribution in [3.8, 4) is 0 Å². The summed E-state index contributed by atoms with van der Waals surface area (Å²) >= 11 is 0. The van der Waals surface area contributed by atoms with E-state index in [-0.39, 0.29) is 6.04 Å². The van der Waals surface area contributed by atoms with Gasteiger partial charge in [0, 0.05) is 18.7 Å². The molecule has 1 aliphatic rings. The molecule has 0 radical (unpaired) electrons. The third kappa shape index (κ3) is 2.42. The Bertz CT molecular complexity index is 601. The number of alkyl halides is 3. The van der Waals surface area contributed by atoms with Crippen molar-refractivity contribution in [1.29, 1.82) is 0 Å². The molecule has 2 heterocycles. The second-order valence-corrected chi connectivity index (χ2v) is 4.97. The molecule has 1 aliphatic carbocycles. The first-order valence-corrected chi connectivity index (χ1v) is 6.11. The van der Waals surface area contributed by atoms with Crippen molar-refractivity contribution >= 4 is 5.65 Å². The van der Waals surface area contributed by atoms with Gasteiger partial charge in [0.15, 0.2) is 5.65 Å². The number of aromatic nitrogens is 3. The lowest BCUT2D eigenvalue weighted by Crippen LogP contribution is -2.26. The van der Waals surface area contributed by atoms with Crippen LogP contribution in [0.1, 0.15) is 24.2 Å². The van der Waals surface area contributed by atoms with Gasteiger partial charge >= 0.3 is 6.18 Å². The summed E-state index contributed by atoms with van der Waals surface area (Å²) in [6, 6.07) is 2.28. The molecule has 1 atom stereocenters. The van der Waals surface area contributed by atoms with Crippen LogP contribution in [0.5, 0.6) is 0 Å². The number of pyridine rings is 1. The SMILES string of the molecule is NC(Cc1nnc2ccc(C(F)(F)F)cn12)C1CC1. The van der Waals surface area contributed by atoms with E-state index in [1.807, 2.05) is 0 Å². The standard InChI is InChI=1S/C12H13F3N4/c13-12(14,15)8-3-4-10-17-18-11(19(10)6-8)5-9(16)7-1-2-7/h3-4,6-7,9H,1-2,5,16H2. The van der Waals surface area contributed by atoms with Crippen LogP contribution in [-0.2, 0) is 12.6 Å². The minimum Gasteiger partial charge on any atom is -0.327 e. The van der Waals surface area contributed by atoms with Crippen LogP contribution in [0, 0.1) is 5.92 Å². The van der Waals surface area contributed by atoms with Gasteiger partial charge in [-0.15, -0.1) is 10.2 Å². The lowest BCUT2D eigenvalue weighted by Gasteiger charge is -2.10. The van der Waals surface area contributed by atoms with E-state index in [1.54, 1.807) is 0 Å². The van der Waals surface area contributed by atoms with Gasteiger partial charge in [-0.3, -0.25) is 4.40 Å². The van der Waals surface area contributed by atoms with Crippen molar-refractivity contribution in [2.75, 3.05) is 0 Å². The molecule has 0 spiro atoms. The summed E-state index contributed by atoms with van der Waals surface area (Å²) in [5, 5.41) is 7.80. The number of hydrogen-bond donors (Lipinski definition) is 1. The third-order valence-corrected chi connectivity index (χ3v) is 3.45. The van der Waals surface area contributed by atoms with Crippen molar-refractivity contribution in [3.63, 3.8) is 0 Å². The summed E-state index contributed by atoms with van der Waals surface area (Å²) < 4.78 is 39.4. The maximum Gasteiger partial charge on any atom is 0.417 e.